The largest absolute Gasteiger partial charge is 0.322 e. The van der Waals surface area contributed by atoms with Crippen LogP contribution in [0.5, 0.6) is 0 Å². The Morgan fingerprint density at radius 2 is 1.84 bits per heavy atom. The summed E-state index contributed by atoms with van der Waals surface area (Å²) in [6.07, 6.45) is 0. The van der Waals surface area contributed by atoms with Crippen LogP contribution in [0.4, 0.5) is 10.1 Å². The second-order valence-electron chi connectivity index (χ2n) is 4.38. The minimum atomic E-state index is -0.375. The van der Waals surface area contributed by atoms with Gasteiger partial charge in [-0.25, -0.2) is 4.39 Å². The molecule has 0 fully saturated rings. The molecule has 0 aliphatic carbocycles. The van der Waals surface area contributed by atoms with Crippen LogP contribution in [0.25, 0.3) is 0 Å². The van der Waals surface area contributed by atoms with E-state index in [0.717, 1.165) is 10.0 Å². The number of anilines is 1. The van der Waals surface area contributed by atoms with Gasteiger partial charge in [-0.3, -0.25) is 4.79 Å². The van der Waals surface area contributed by atoms with E-state index in [-0.39, 0.29) is 11.7 Å². The van der Waals surface area contributed by atoms with Crippen molar-refractivity contribution in [2.24, 2.45) is 0 Å². The highest BCUT2D eigenvalue weighted by molar-refractivity contribution is 9.10. The van der Waals surface area contributed by atoms with Crippen molar-refractivity contribution in [3.63, 3.8) is 0 Å². The summed E-state index contributed by atoms with van der Waals surface area (Å²) in [5, 5.41) is 2.75. The molecule has 0 heterocycles. The highest BCUT2D eigenvalue weighted by Crippen LogP contribution is 2.20. The summed E-state index contributed by atoms with van der Waals surface area (Å²) in [4.78, 5) is 12.0. The van der Waals surface area contributed by atoms with E-state index in [4.69, 9.17) is 0 Å². The van der Waals surface area contributed by atoms with Crippen LogP contribution in [0.15, 0.2) is 40.9 Å². The quantitative estimate of drug-likeness (QED) is 0.869. The van der Waals surface area contributed by atoms with Crippen LogP contribution in [0, 0.1) is 19.7 Å². The van der Waals surface area contributed by atoms with E-state index in [1.807, 2.05) is 19.1 Å². The Morgan fingerprint density at radius 3 is 2.47 bits per heavy atom. The minimum Gasteiger partial charge on any atom is -0.322 e. The van der Waals surface area contributed by atoms with Crippen LogP contribution in [-0.4, -0.2) is 5.91 Å². The Bertz CT molecular complexity index is 640. The fourth-order valence-corrected chi connectivity index (χ4v) is 1.91. The van der Waals surface area contributed by atoms with Crippen LogP contribution in [-0.2, 0) is 0 Å². The van der Waals surface area contributed by atoms with E-state index < -0.39 is 0 Å². The number of hydrogen-bond acceptors (Lipinski definition) is 1. The third-order valence-electron chi connectivity index (χ3n) is 2.85. The smallest absolute Gasteiger partial charge is 0.255 e. The molecule has 2 rings (SSSR count). The van der Waals surface area contributed by atoms with Crippen LogP contribution < -0.4 is 5.32 Å². The lowest BCUT2D eigenvalue weighted by Crippen LogP contribution is -2.12. The maximum Gasteiger partial charge on any atom is 0.255 e. The van der Waals surface area contributed by atoms with E-state index in [1.165, 1.54) is 6.07 Å². The first kappa shape index (κ1) is 13.7. The molecule has 1 amide bonds. The molecule has 0 radical (unpaired) electrons. The van der Waals surface area contributed by atoms with Crippen molar-refractivity contribution < 1.29 is 9.18 Å². The number of aryl methyl sites for hydroxylation is 2. The third kappa shape index (κ3) is 3.20. The van der Waals surface area contributed by atoms with Gasteiger partial charge in [0.15, 0.2) is 0 Å². The predicted molar refractivity (Wildman–Crippen MR) is 78.0 cm³/mol. The maximum absolute atomic E-state index is 13.4. The van der Waals surface area contributed by atoms with Crippen LogP contribution in [0.1, 0.15) is 21.5 Å². The molecule has 19 heavy (non-hydrogen) atoms. The molecule has 1 N–H and O–H groups in total. The van der Waals surface area contributed by atoms with Crippen LogP contribution >= 0.6 is 15.9 Å². The van der Waals surface area contributed by atoms with Crippen molar-refractivity contribution in [1.29, 1.82) is 0 Å². The van der Waals surface area contributed by atoms with E-state index in [2.05, 4.69) is 21.2 Å². The van der Waals surface area contributed by atoms with Crippen molar-refractivity contribution in [3.8, 4) is 0 Å². The highest BCUT2D eigenvalue weighted by atomic mass is 79.9. The molecule has 4 heteroatoms. The van der Waals surface area contributed by atoms with Gasteiger partial charge in [0, 0.05) is 15.7 Å². The monoisotopic (exact) mass is 321 g/mol. The number of halogens is 2. The summed E-state index contributed by atoms with van der Waals surface area (Å²) in [5.41, 5.74) is 2.54. The first-order valence-corrected chi connectivity index (χ1v) is 6.60. The van der Waals surface area contributed by atoms with Gasteiger partial charge in [0.2, 0.25) is 0 Å². The molecule has 2 aromatic rings. The van der Waals surface area contributed by atoms with Crippen molar-refractivity contribution >= 4 is 27.5 Å². The van der Waals surface area contributed by atoms with E-state index in [1.54, 1.807) is 25.1 Å². The van der Waals surface area contributed by atoms with Crippen LogP contribution in [0.2, 0.25) is 0 Å². The molecule has 2 nitrogen and oxygen atoms in total. The maximum atomic E-state index is 13.4. The molecule has 0 aliphatic heterocycles. The second-order valence-corrected chi connectivity index (χ2v) is 5.24. The van der Waals surface area contributed by atoms with Gasteiger partial charge in [0.05, 0.1) is 0 Å². The fourth-order valence-electron chi connectivity index (χ4n) is 1.66. The number of rotatable bonds is 2. The van der Waals surface area contributed by atoms with Gasteiger partial charge in [0.25, 0.3) is 5.91 Å². The lowest BCUT2D eigenvalue weighted by atomic mass is 10.1. The summed E-state index contributed by atoms with van der Waals surface area (Å²) >= 11 is 3.40. The van der Waals surface area contributed by atoms with Crippen molar-refractivity contribution in [2.75, 3.05) is 5.32 Å². The Labute approximate surface area is 119 Å². The van der Waals surface area contributed by atoms with Crippen molar-refractivity contribution in [3.05, 3.63) is 63.4 Å². The summed E-state index contributed by atoms with van der Waals surface area (Å²) in [6.45, 7) is 3.60. The van der Waals surface area contributed by atoms with Crippen molar-refractivity contribution in [2.45, 2.75) is 13.8 Å². The number of hydrogen-bond donors (Lipinski definition) is 1. The Morgan fingerprint density at radius 1 is 1.11 bits per heavy atom. The Hall–Kier alpha value is -1.68. The fraction of sp³-hybridized carbons (Fsp3) is 0.133. The number of nitrogens with one attached hydrogen (secondary N) is 1. The molecular weight excluding hydrogens is 309 g/mol. The average molecular weight is 322 g/mol. The van der Waals surface area contributed by atoms with E-state index >= 15 is 0 Å². The first-order chi connectivity index (χ1) is 8.97. The number of benzene rings is 2. The molecular formula is C15H13BrFNO. The molecule has 0 saturated carbocycles. The van der Waals surface area contributed by atoms with Gasteiger partial charge < -0.3 is 5.32 Å². The van der Waals surface area contributed by atoms with E-state index in [9.17, 15) is 9.18 Å². The number of carbonyl (C=O) groups excluding carboxylic acids is 1. The van der Waals surface area contributed by atoms with Gasteiger partial charge in [-0.15, -0.1) is 0 Å². The molecule has 0 atom stereocenters. The van der Waals surface area contributed by atoms with Crippen LogP contribution in [0.3, 0.4) is 0 Å². The normalized spacial score (nSPS) is 10.3. The highest BCUT2D eigenvalue weighted by Gasteiger charge is 2.09. The zero-order valence-electron chi connectivity index (χ0n) is 10.6. The van der Waals surface area contributed by atoms with Gasteiger partial charge in [-0.05, 0) is 55.3 Å². The average Bonchev–Trinajstić information content (AvgIpc) is 2.37. The predicted octanol–water partition coefficient (Wildman–Crippen LogP) is 4.46. The van der Waals surface area contributed by atoms with Gasteiger partial charge >= 0.3 is 0 Å². The Balaban J connectivity index is 2.20. The molecule has 0 bridgehead atoms. The second kappa shape index (κ2) is 5.53. The zero-order chi connectivity index (χ0) is 14.0. The molecule has 98 valence electrons. The van der Waals surface area contributed by atoms with Crippen molar-refractivity contribution in [1.82, 2.24) is 0 Å². The lowest BCUT2D eigenvalue weighted by molar-refractivity contribution is 0.102. The SMILES string of the molecule is Cc1ccc(C(=O)Nc2ccc(Br)c(C)c2)cc1F. The molecule has 2 aromatic carbocycles. The summed E-state index contributed by atoms with van der Waals surface area (Å²) in [5.74, 6) is -0.694. The van der Waals surface area contributed by atoms with Gasteiger partial charge in [0.1, 0.15) is 5.82 Å². The zero-order valence-corrected chi connectivity index (χ0v) is 12.2. The number of amides is 1. The summed E-state index contributed by atoms with van der Waals surface area (Å²) in [6, 6.07) is 9.96. The van der Waals surface area contributed by atoms with Gasteiger partial charge in [-0.1, -0.05) is 22.0 Å². The molecule has 0 aromatic heterocycles. The molecule has 0 unspecified atom stereocenters. The van der Waals surface area contributed by atoms with Gasteiger partial charge in [-0.2, -0.15) is 0 Å². The summed E-state index contributed by atoms with van der Waals surface area (Å²) in [7, 11) is 0. The minimum absolute atomic E-state index is 0.309. The first-order valence-electron chi connectivity index (χ1n) is 5.81. The summed E-state index contributed by atoms with van der Waals surface area (Å²) < 4.78 is 14.4. The van der Waals surface area contributed by atoms with E-state index in [0.29, 0.717) is 16.8 Å². The molecule has 0 saturated heterocycles. The topological polar surface area (TPSA) is 29.1 Å². The molecule has 0 spiro atoms. The third-order valence-corrected chi connectivity index (χ3v) is 3.74. The Kier molecular flexibility index (Phi) is 4.00. The lowest BCUT2D eigenvalue weighted by Gasteiger charge is -2.08. The standard InChI is InChI=1S/C15H13BrFNO/c1-9-3-4-11(8-14(9)17)15(19)18-12-5-6-13(16)10(2)7-12/h3-8H,1-2H3,(H,18,19). The number of carbonyl (C=O) groups is 1. The molecule has 0 aliphatic rings.